The molecule has 0 bridgehead atoms. The molecule has 0 aliphatic rings. The van der Waals surface area contributed by atoms with E-state index in [4.69, 9.17) is 5.11 Å². The summed E-state index contributed by atoms with van der Waals surface area (Å²) in [6, 6.07) is 4.72. The standard InChI is InChI=1S/C11H11F3O2/c1-10(2,9(15)16)7-5-3-4-6-8(7)11(12,13)14/h3-6H,1-2H3,(H,15,16). The van der Waals surface area contributed by atoms with E-state index >= 15 is 0 Å². The van der Waals surface area contributed by atoms with Crippen LogP contribution in [0.1, 0.15) is 25.0 Å². The summed E-state index contributed by atoms with van der Waals surface area (Å²) in [5.74, 6) is -1.29. The van der Waals surface area contributed by atoms with Crippen LogP contribution in [-0.2, 0) is 16.4 Å². The Balaban J connectivity index is 3.41. The second-order valence-electron chi connectivity index (χ2n) is 3.97. The number of carbonyl (C=O) groups is 1. The van der Waals surface area contributed by atoms with Crippen molar-refractivity contribution in [2.45, 2.75) is 25.4 Å². The zero-order chi connectivity index (χ0) is 12.6. The lowest BCUT2D eigenvalue weighted by Crippen LogP contribution is -2.31. The molecule has 0 atom stereocenters. The largest absolute Gasteiger partial charge is 0.481 e. The van der Waals surface area contributed by atoms with Gasteiger partial charge in [0, 0.05) is 0 Å². The molecule has 5 heteroatoms. The molecule has 1 rings (SSSR count). The molecule has 0 saturated heterocycles. The lowest BCUT2D eigenvalue weighted by Gasteiger charge is -2.23. The third-order valence-electron chi connectivity index (χ3n) is 2.44. The van der Waals surface area contributed by atoms with Gasteiger partial charge in [-0.2, -0.15) is 13.2 Å². The van der Waals surface area contributed by atoms with Gasteiger partial charge in [-0.05, 0) is 25.5 Å². The molecule has 1 aromatic rings. The van der Waals surface area contributed by atoms with E-state index in [-0.39, 0.29) is 5.56 Å². The number of hydrogen-bond acceptors (Lipinski definition) is 1. The van der Waals surface area contributed by atoms with Gasteiger partial charge in [0.25, 0.3) is 0 Å². The normalized spacial score (nSPS) is 12.6. The second kappa shape index (κ2) is 3.81. The molecule has 0 unspecified atom stereocenters. The maximum absolute atomic E-state index is 12.6. The Kier molecular flexibility index (Phi) is 2.99. The van der Waals surface area contributed by atoms with Gasteiger partial charge in [-0.25, -0.2) is 0 Å². The van der Waals surface area contributed by atoms with Crippen LogP contribution in [0.3, 0.4) is 0 Å². The summed E-state index contributed by atoms with van der Waals surface area (Å²) in [4.78, 5) is 10.9. The van der Waals surface area contributed by atoms with Crippen LogP contribution < -0.4 is 0 Å². The first kappa shape index (κ1) is 12.5. The molecule has 88 valence electrons. The average molecular weight is 232 g/mol. The van der Waals surface area contributed by atoms with E-state index < -0.39 is 23.1 Å². The smallest absolute Gasteiger partial charge is 0.416 e. The molecule has 0 saturated carbocycles. The van der Waals surface area contributed by atoms with Crippen molar-refractivity contribution in [3.05, 3.63) is 35.4 Å². The van der Waals surface area contributed by atoms with Gasteiger partial charge >= 0.3 is 12.1 Å². The fourth-order valence-corrected chi connectivity index (χ4v) is 1.39. The van der Waals surface area contributed by atoms with E-state index in [1.807, 2.05) is 0 Å². The maximum atomic E-state index is 12.6. The van der Waals surface area contributed by atoms with Gasteiger partial charge in [0.15, 0.2) is 0 Å². The lowest BCUT2D eigenvalue weighted by atomic mass is 9.81. The van der Waals surface area contributed by atoms with Crippen LogP contribution in [0.5, 0.6) is 0 Å². The monoisotopic (exact) mass is 232 g/mol. The minimum Gasteiger partial charge on any atom is -0.481 e. The van der Waals surface area contributed by atoms with Crippen molar-refractivity contribution >= 4 is 5.97 Å². The number of carboxylic acid groups (broad SMARTS) is 1. The van der Waals surface area contributed by atoms with Crippen molar-refractivity contribution in [1.82, 2.24) is 0 Å². The van der Waals surface area contributed by atoms with Crippen LogP contribution in [0.2, 0.25) is 0 Å². The predicted molar refractivity (Wildman–Crippen MR) is 52.1 cm³/mol. The fourth-order valence-electron chi connectivity index (χ4n) is 1.39. The predicted octanol–water partition coefficient (Wildman–Crippen LogP) is 3.07. The maximum Gasteiger partial charge on any atom is 0.416 e. The van der Waals surface area contributed by atoms with Crippen LogP contribution in [-0.4, -0.2) is 11.1 Å². The number of carboxylic acids is 1. The Morgan fingerprint density at radius 1 is 1.12 bits per heavy atom. The van der Waals surface area contributed by atoms with Crippen molar-refractivity contribution in [3.63, 3.8) is 0 Å². The minimum atomic E-state index is -4.54. The van der Waals surface area contributed by atoms with Gasteiger partial charge in [0.1, 0.15) is 0 Å². The van der Waals surface area contributed by atoms with Gasteiger partial charge in [-0.3, -0.25) is 4.79 Å². The van der Waals surface area contributed by atoms with Crippen LogP contribution in [0, 0.1) is 0 Å². The van der Waals surface area contributed by atoms with E-state index in [9.17, 15) is 18.0 Å². The van der Waals surface area contributed by atoms with Crippen molar-refractivity contribution < 1.29 is 23.1 Å². The fraction of sp³-hybridized carbons (Fsp3) is 0.364. The third-order valence-corrected chi connectivity index (χ3v) is 2.44. The number of benzene rings is 1. The van der Waals surface area contributed by atoms with Gasteiger partial charge in [0.05, 0.1) is 11.0 Å². The summed E-state index contributed by atoms with van der Waals surface area (Å²) >= 11 is 0. The summed E-state index contributed by atoms with van der Waals surface area (Å²) in [5, 5.41) is 8.92. The highest BCUT2D eigenvalue weighted by molar-refractivity contribution is 5.80. The molecule has 1 N–H and O–H groups in total. The summed E-state index contributed by atoms with van der Waals surface area (Å²) in [5.41, 5.74) is -2.69. The molecule has 0 fully saturated rings. The Morgan fingerprint density at radius 3 is 1.94 bits per heavy atom. The first-order valence-electron chi connectivity index (χ1n) is 4.57. The molecule has 0 spiro atoms. The highest BCUT2D eigenvalue weighted by atomic mass is 19.4. The molecule has 0 aliphatic carbocycles. The highest BCUT2D eigenvalue weighted by Crippen LogP contribution is 2.37. The number of hydrogen-bond donors (Lipinski definition) is 1. The van der Waals surface area contributed by atoms with E-state index in [0.29, 0.717) is 0 Å². The quantitative estimate of drug-likeness (QED) is 0.850. The van der Waals surface area contributed by atoms with Crippen LogP contribution >= 0.6 is 0 Å². The van der Waals surface area contributed by atoms with Gasteiger partial charge < -0.3 is 5.11 Å². The lowest BCUT2D eigenvalue weighted by molar-refractivity contribution is -0.144. The van der Waals surface area contributed by atoms with E-state index in [2.05, 4.69) is 0 Å². The van der Waals surface area contributed by atoms with Crippen LogP contribution in [0.4, 0.5) is 13.2 Å². The van der Waals surface area contributed by atoms with Gasteiger partial charge in [-0.1, -0.05) is 18.2 Å². The SMILES string of the molecule is CC(C)(C(=O)O)c1ccccc1C(F)(F)F. The Hall–Kier alpha value is -1.52. The molecular weight excluding hydrogens is 221 g/mol. The minimum absolute atomic E-state index is 0.227. The van der Waals surface area contributed by atoms with Crippen LogP contribution in [0.25, 0.3) is 0 Å². The van der Waals surface area contributed by atoms with Crippen molar-refractivity contribution in [2.75, 3.05) is 0 Å². The second-order valence-corrected chi connectivity index (χ2v) is 3.97. The zero-order valence-electron chi connectivity index (χ0n) is 8.80. The molecule has 0 amide bonds. The summed E-state index contributed by atoms with van der Waals surface area (Å²) in [7, 11) is 0. The van der Waals surface area contributed by atoms with E-state index in [0.717, 1.165) is 6.07 Å². The van der Waals surface area contributed by atoms with Crippen molar-refractivity contribution in [2.24, 2.45) is 0 Å². The summed E-state index contributed by atoms with van der Waals surface area (Å²) < 4.78 is 37.9. The molecule has 1 aromatic carbocycles. The van der Waals surface area contributed by atoms with E-state index in [1.54, 1.807) is 0 Å². The molecule has 0 aliphatic heterocycles. The Labute approximate surface area is 90.7 Å². The Bertz CT molecular complexity index is 408. The zero-order valence-corrected chi connectivity index (χ0v) is 8.80. The molecule has 0 radical (unpaired) electrons. The molecule has 16 heavy (non-hydrogen) atoms. The number of aliphatic carboxylic acids is 1. The number of rotatable bonds is 2. The summed E-state index contributed by atoms with van der Waals surface area (Å²) in [6.07, 6.45) is -4.54. The average Bonchev–Trinajstić information content (AvgIpc) is 2.16. The highest BCUT2D eigenvalue weighted by Gasteiger charge is 2.40. The van der Waals surface area contributed by atoms with Crippen LogP contribution in [0.15, 0.2) is 24.3 Å². The van der Waals surface area contributed by atoms with E-state index in [1.165, 1.54) is 32.0 Å². The molecule has 0 aromatic heterocycles. The van der Waals surface area contributed by atoms with Crippen molar-refractivity contribution in [1.29, 1.82) is 0 Å². The first-order valence-corrected chi connectivity index (χ1v) is 4.57. The third kappa shape index (κ3) is 2.18. The summed E-state index contributed by atoms with van der Waals surface area (Å²) in [6.45, 7) is 2.50. The Morgan fingerprint density at radius 2 is 1.56 bits per heavy atom. The molecule has 0 heterocycles. The van der Waals surface area contributed by atoms with Gasteiger partial charge in [-0.15, -0.1) is 0 Å². The number of alkyl halides is 3. The van der Waals surface area contributed by atoms with Crippen molar-refractivity contribution in [3.8, 4) is 0 Å². The first-order chi connectivity index (χ1) is 7.17. The molecule has 2 nitrogen and oxygen atoms in total. The topological polar surface area (TPSA) is 37.3 Å². The molecular formula is C11H11F3O2. The number of halogens is 3. The van der Waals surface area contributed by atoms with Gasteiger partial charge in [0.2, 0.25) is 0 Å².